The molecule has 1 saturated heterocycles. The van der Waals surface area contributed by atoms with Crippen LogP contribution in [0.15, 0.2) is 78.4 Å². The Hall–Kier alpha value is -4.79. The summed E-state index contributed by atoms with van der Waals surface area (Å²) in [6, 6.07) is 17.0. The number of para-hydroxylation sites is 1. The van der Waals surface area contributed by atoms with Crippen LogP contribution in [-0.2, 0) is 16.2 Å². The van der Waals surface area contributed by atoms with Crippen molar-refractivity contribution in [1.82, 2.24) is 5.32 Å². The van der Waals surface area contributed by atoms with Crippen molar-refractivity contribution in [3.8, 4) is 5.75 Å². The number of hydrogen-bond donors (Lipinski definition) is 2. The summed E-state index contributed by atoms with van der Waals surface area (Å²) in [6.45, 7) is 0.141. The number of carbonyl (C=O) groups excluding carboxylic acids is 3. The van der Waals surface area contributed by atoms with Crippen LogP contribution in [0.25, 0.3) is 6.08 Å². The molecule has 170 valence electrons. The van der Waals surface area contributed by atoms with Crippen molar-refractivity contribution in [3.63, 3.8) is 0 Å². The summed E-state index contributed by atoms with van der Waals surface area (Å²) in [6.07, 6.45) is 1.29. The summed E-state index contributed by atoms with van der Waals surface area (Å²) >= 11 is 0. The minimum Gasteiger partial charge on any atom is -0.489 e. The number of nitrogens with one attached hydrogen (secondary N) is 1. The van der Waals surface area contributed by atoms with E-state index in [1.165, 1.54) is 36.4 Å². The van der Waals surface area contributed by atoms with Crippen molar-refractivity contribution < 1.29 is 33.4 Å². The Kier molecular flexibility index (Phi) is 6.18. The van der Waals surface area contributed by atoms with Crippen LogP contribution < -0.4 is 15.0 Å². The third kappa shape index (κ3) is 4.68. The number of halogens is 1. The maximum absolute atomic E-state index is 14.2. The number of aromatic carboxylic acids is 1. The number of imide groups is 2. The van der Waals surface area contributed by atoms with E-state index in [0.717, 1.165) is 6.07 Å². The summed E-state index contributed by atoms with van der Waals surface area (Å²) in [5, 5.41) is 11.1. The number of benzene rings is 3. The lowest BCUT2D eigenvalue weighted by Crippen LogP contribution is -2.54. The third-order valence-electron chi connectivity index (χ3n) is 4.97. The smallest absolute Gasteiger partial charge is 0.336 e. The van der Waals surface area contributed by atoms with Crippen LogP contribution in [0.4, 0.5) is 14.9 Å². The van der Waals surface area contributed by atoms with Crippen LogP contribution >= 0.6 is 0 Å². The highest BCUT2D eigenvalue weighted by Gasteiger charge is 2.37. The Morgan fingerprint density at radius 3 is 2.44 bits per heavy atom. The third-order valence-corrected chi connectivity index (χ3v) is 4.97. The van der Waals surface area contributed by atoms with E-state index >= 15 is 0 Å². The molecule has 1 aliphatic heterocycles. The number of amides is 4. The Balaban J connectivity index is 1.51. The first-order chi connectivity index (χ1) is 16.3. The first-order valence-corrected chi connectivity index (χ1v) is 10.0. The van der Waals surface area contributed by atoms with Gasteiger partial charge in [-0.25, -0.2) is 18.9 Å². The molecule has 9 heteroatoms. The molecule has 34 heavy (non-hydrogen) atoms. The molecule has 3 aromatic rings. The molecule has 0 radical (unpaired) electrons. The van der Waals surface area contributed by atoms with Gasteiger partial charge in [0.05, 0.1) is 11.3 Å². The van der Waals surface area contributed by atoms with Crippen LogP contribution in [0.3, 0.4) is 0 Å². The van der Waals surface area contributed by atoms with Crippen molar-refractivity contribution in [1.29, 1.82) is 0 Å². The molecule has 0 unspecified atom stereocenters. The van der Waals surface area contributed by atoms with Crippen molar-refractivity contribution in [2.75, 3.05) is 4.90 Å². The number of ether oxygens (including phenoxy) is 1. The summed E-state index contributed by atoms with van der Waals surface area (Å²) in [5.41, 5.74) is 0.706. The number of anilines is 1. The number of barbiturate groups is 1. The average Bonchev–Trinajstić information content (AvgIpc) is 2.82. The molecule has 0 spiro atoms. The molecular weight excluding hydrogens is 443 g/mol. The van der Waals surface area contributed by atoms with E-state index < -0.39 is 29.6 Å². The second-order valence-electron chi connectivity index (χ2n) is 7.27. The lowest BCUT2D eigenvalue weighted by Gasteiger charge is -2.26. The lowest BCUT2D eigenvalue weighted by atomic mass is 10.1. The summed E-state index contributed by atoms with van der Waals surface area (Å²) < 4.78 is 19.8. The van der Waals surface area contributed by atoms with Gasteiger partial charge in [0, 0.05) is 0 Å². The van der Waals surface area contributed by atoms with Crippen molar-refractivity contribution in [3.05, 3.63) is 101 Å². The van der Waals surface area contributed by atoms with Crippen LogP contribution in [0.2, 0.25) is 0 Å². The van der Waals surface area contributed by atoms with Gasteiger partial charge in [0.15, 0.2) is 0 Å². The number of carboxylic acid groups (broad SMARTS) is 1. The lowest BCUT2D eigenvalue weighted by molar-refractivity contribution is -0.122. The maximum atomic E-state index is 14.2. The second-order valence-corrected chi connectivity index (χ2v) is 7.27. The highest BCUT2D eigenvalue weighted by molar-refractivity contribution is 6.39. The largest absolute Gasteiger partial charge is 0.489 e. The molecule has 3 aromatic carbocycles. The minimum absolute atomic E-state index is 0.141. The molecule has 2 N–H and O–H groups in total. The Labute approximate surface area is 192 Å². The van der Waals surface area contributed by atoms with E-state index in [2.05, 4.69) is 0 Å². The molecule has 0 saturated carbocycles. The molecular formula is C25H17FN2O6. The quantitative estimate of drug-likeness (QED) is 0.428. The van der Waals surface area contributed by atoms with Crippen molar-refractivity contribution in [2.45, 2.75) is 6.61 Å². The first kappa shape index (κ1) is 22.4. The van der Waals surface area contributed by atoms with Gasteiger partial charge in [0.1, 0.15) is 23.7 Å². The van der Waals surface area contributed by atoms with E-state index in [4.69, 9.17) is 9.84 Å². The van der Waals surface area contributed by atoms with Crippen molar-refractivity contribution in [2.24, 2.45) is 0 Å². The molecule has 0 aliphatic carbocycles. The number of urea groups is 1. The normalized spacial score (nSPS) is 14.8. The molecule has 0 aromatic heterocycles. The number of nitrogens with zero attached hydrogens (tertiary/aromatic N) is 1. The van der Waals surface area contributed by atoms with Gasteiger partial charge in [-0.05, 0) is 53.6 Å². The molecule has 4 rings (SSSR count). The fourth-order valence-corrected chi connectivity index (χ4v) is 3.30. The topological polar surface area (TPSA) is 113 Å². The molecule has 0 bridgehead atoms. The van der Waals surface area contributed by atoms with E-state index in [0.29, 0.717) is 21.8 Å². The number of carboxylic acids is 1. The standard InChI is InChI=1S/C25H17FN2O6/c26-20-6-1-2-7-21(20)28-23(30)19(22(29)27-25(28)33)13-15-8-10-18(11-9-15)34-14-16-4-3-5-17(12-16)24(31)32/h1-13H,14H2,(H,31,32)(H,27,29,33)/b19-13+. The molecule has 0 atom stereocenters. The SMILES string of the molecule is O=C1NC(=O)N(c2ccccc2F)C(=O)/C1=C/c1ccc(OCc2cccc(C(=O)O)c2)cc1. The number of carbonyl (C=O) groups is 4. The first-order valence-electron chi connectivity index (χ1n) is 10.0. The summed E-state index contributed by atoms with van der Waals surface area (Å²) in [4.78, 5) is 49.0. The molecule has 1 aliphatic rings. The molecule has 1 fully saturated rings. The zero-order chi connectivity index (χ0) is 24.2. The average molecular weight is 460 g/mol. The molecule has 1 heterocycles. The van der Waals surface area contributed by atoms with Crippen LogP contribution in [0.5, 0.6) is 5.75 Å². The van der Waals surface area contributed by atoms with Gasteiger partial charge in [-0.1, -0.05) is 36.4 Å². The highest BCUT2D eigenvalue weighted by Crippen LogP contribution is 2.25. The van der Waals surface area contributed by atoms with Gasteiger partial charge >= 0.3 is 12.0 Å². The summed E-state index contributed by atoms with van der Waals surface area (Å²) in [5.74, 6) is -3.17. The van der Waals surface area contributed by atoms with E-state index in [1.54, 1.807) is 36.4 Å². The van der Waals surface area contributed by atoms with Gasteiger partial charge in [-0.15, -0.1) is 0 Å². The number of rotatable bonds is 6. The van der Waals surface area contributed by atoms with Gasteiger partial charge in [-0.3, -0.25) is 14.9 Å². The monoisotopic (exact) mass is 460 g/mol. The fourth-order valence-electron chi connectivity index (χ4n) is 3.30. The Morgan fingerprint density at radius 2 is 1.74 bits per heavy atom. The predicted molar refractivity (Wildman–Crippen MR) is 120 cm³/mol. The van der Waals surface area contributed by atoms with Gasteiger partial charge in [-0.2, -0.15) is 0 Å². The van der Waals surface area contributed by atoms with Crippen LogP contribution in [0, 0.1) is 5.82 Å². The number of hydrogen-bond acceptors (Lipinski definition) is 5. The van der Waals surface area contributed by atoms with E-state index in [-0.39, 0.29) is 23.4 Å². The Bertz CT molecular complexity index is 1330. The predicted octanol–water partition coefficient (Wildman–Crippen LogP) is 3.77. The summed E-state index contributed by atoms with van der Waals surface area (Å²) in [7, 11) is 0. The minimum atomic E-state index is -1.03. The van der Waals surface area contributed by atoms with Crippen LogP contribution in [-0.4, -0.2) is 28.9 Å². The fraction of sp³-hybridized carbons (Fsp3) is 0.0400. The molecule has 4 amide bonds. The zero-order valence-corrected chi connectivity index (χ0v) is 17.5. The Morgan fingerprint density at radius 1 is 1.00 bits per heavy atom. The molecule has 8 nitrogen and oxygen atoms in total. The van der Waals surface area contributed by atoms with Crippen molar-refractivity contribution >= 4 is 35.6 Å². The zero-order valence-electron chi connectivity index (χ0n) is 17.5. The van der Waals surface area contributed by atoms with Gasteiger partial charge in [0.25, 0.3) is 11.8 Å². The van der Waals surface area contributed by atoms with Gasteiger partial charge in [0.2, 0.25) is 0 Å². The van der Waals surface area contributed by atoms with E-state index in [1.807, 2.05) is 5.32 Å². The van der Waals surface area contributed by atoms with Gasteiger partial charge < -0.3 is 9.84 Å². The maximum Gasteiger partial charge on any atom is 0.336 e. The highest BCUT2D eigenvalue weighted by atomic mass is 19.1. The van der Waals surface area contributed by atoms with Crippen LogP contribution in [0.1, 0.15) is 21.5 Å². The van der Waals surface area contributed by atoms with E-state index in [9.17, 15) is 23.6 Å². The second kappa shape index (κ2) is 9.37.